The van der Waals surface area contributed by atoms with Crippen LogP contribution in [0.5, 0.6) is 0 Å². The molecule has 0 atom stereocenters. The number of hydrogen-bond donors (Lipinski definition) is 1. The van der Waals surface area contributed by atoms with Gasteiger partial charge in [-0.25, -0.2) is 9.78 Å². The Morgan fingerprint density at radius 2 is 2.12 bits per heavy atom. The van der Waals surface area contributed by atoms with Crippen LogP contribution in [-0.4, -0.2) is 44.0 Å². The second kappa shape index (κ2) is 5.93. The minimum absolute atomic E-state index is 0.0722. The lowest BCUT2D eigenvalue weighted by molar-refractivity contribution is -0.137. The van der Waals surface area contributed by atoms with Gasteiger partial charge in [0.1, 0.15) is 16.8 Å². The van der Waals surface area contributed by atoms with E-state index in [9.17, 15) is 18.0 Å². The number of amides is 1. The molecule has 1 aliphatic heterocycles. The van der Waals surface area contributed by atoms with Crippen molar-refractivity contribution in [3.05, 3.63) is 34.7 Å². The Kier molecular flexibility index (Phi) is 4.04. The smallest absolute Gasteiger partial charge is 0.417 e. The number of aromatic nitrogens is 3. The summed E-state index contributed by atoms with van der Waals surface area (Å²) >= 11 is 5.72. The third-order valence-electron chi connectivity index (χ3n) is 3.80. The second-order valence-electron chi connectivity index (χ2n) is 5.38. The number of pyridine rings is 1. The molecule has 1 saturated heterocycles. The van der Waals surface area contributed by atoms with Gasteiger partial charge in [0.25, 0.3) is 0 Å². The average molecular weight is 372 g/mol. The third kappa shape index (κ3) is 3.10. The van der Waals surface area contributed by atoms with Crippen LogP contribution in [0.3, 0.4) is 0 Å². The fraction of sp³-hybridized carbons (Fsp3) is 0.286. The lowest BCUT2D eigenvalue weighted by atomic mass is 10.1. The monoisotopic (exact) mass is 371 g/mol. The van der Waals surface area contributed by atoms with Crippen molar-refractivity contribution in [2.75, 3.05) is 13.1 Å². The number of hydrogen-bond acceptors (Lipinski definition) is 4. The van der Waals surface area contributed by atoms with Crippen LogP contribution >= 0.6 is 11.6 Å². The summed E-state index contributed by atoms with van der Waals surface area (Å²) in [5.74, 6) is 0. The van der Waals surface area contributed by atoms with E-state index >= 15 is 0 Å². The molecule has 0 radical (unpaired) electrons. The van der Waals surface area contributed by atoms with Gasteiger partial charge in [-0.2, -0.15) is 23.5 Å². The molecule has 2 aromatic rings. The molecule has 130 valence electrons. The quantitative estimate of drug-likeness (QED) is 0.819. The molecule has 25 heavy (non-hydrogen) atoms. The van der Waals surface area contributed by atoms with Gasteiger partial charge < -0.3 is 10.0 Å². The fourth-order valence-corrected chi connectivity index (χ4v) is 2.68. The van der Waals surface area contributed by atoms with Crippen molar-refractivity contribution in [2.45, 2.75) is 12.2 Å². The molecule has 1 amide bonds. The van der Waals surface area contributed by atoms with Gasteiger partial charge in [-0.3, -0.25) is 4.68 Å². The Bertz CT molecular complexity index is 884. The molecule has 0 unspecified atom stereocenters. The topological polar surface area (TPSA) is 95.0 Å². The van der Waals surface area contributed by atoms with Crippen molar-refractivity contribution in [3.63, 3.8) is 0 Å². The molecule has 0 aromatic carbocycles. The van der Waals surface area contributed by atoms with Gasteiger partial charge in [0, 0.05) is 24.8 Å². The van der Waals surface area contributed by atoms with E-state index in [4.69, 9.17) is 22.0 Å². The van der Waals surface area contributed by atoms with Crippen LogP contribution in [0.4, 0.5) is 18.0 Å². The minimum Gasteiger partial charge on any atom is -0.465 e. The highest BCUT2D eigenvalue weighted by molar-refractivity contribution is 6.30. The maximum Gasteiger partial charge on any atom is 0.417 e. The maximum atomic E-state index is 13.1. The lowest BCUT2D eigenvalue weighted by Gasteiger charge is -2.36. The summed E-state index contributed by atoms with van der Waals surface area (Å²) in [4.78, 5) is 15.8. The number of alkyl halides is 3. The van der Waals surface area contributed by atoms with Crippen LogP contribution in [0.25, 0.3) is 11.3 Å². The van der Waals surface area contributed by atoms with E-state index in [2.05, 4.69) is 10.1 Å². The van der Waals surface area contributed by atoms with E-state index in [1.54, 1.807) is 0 Å². The summed E-state index contributed by atoms with van der Waals surface area (Å²) in [6.45, 7) is 0.484. The third-order valence-corrected chi connectivity index (χ3v) is 4.07. The first-order chi connectivity index (χ1) is 11.7. The molecule has 0 bridgehead atoms. The molecule has 1 aliphatic rings. The van der Waals surface area contributed by atoms with Gasteiger partial charge >= 0.3 is 12.3 Å². The normalized spacial score (nSPS) is 14.9. The van der Waals surface area contributed by atoms with Crippen LogP contribution in [-0.2, 0) is 6.18 Å². The predicted octanol–water partition coefficient (Wildman–Crippen LogP) is 3.02. The Labute approximate surface area is 143 Å². The number of halogens is 4. The van der Waals surface area contributed by atoms with Gasteiger partial charge in [-0.05, 0) is 6.07 Å². The Balaban J connectivity index is 1.92. The number of nitrogens with zero attached hydrogens (tertiary/aromatic N) is 5. The molecule has 2 aromatic heterocycles. The van der Waals surface area contributed by atoms with Gasteiger partial charge in [0.15, 0.2) is 0 Å². The highest BCUT2D eigenvalue weighted by Gasteiger charge is 2.36. The van der Waals surface area contributed by atoms with Gasteiger partial charge in [-0.15, -0.1) is 0 Å². The second-order valence-corrected chi connectivity index (χ2v) is 5.74. The van der Waals surface area contributed by atoms with Crippen molar-refractivity contribution in [3.8, 4) is 17.3 Å². The first-order valence-corrected chi connectivity index (χ1v) is 7.28. The van der Waals surface area contributed by atoms with Crippen LogP contribution in [0.1, 0.15) is 17.2 Å². The highest BCUT2D eigenvalue weighted by atomic mass is 35.5. The summed E-state index contributed by atoms with van der Waals surface area (Å²) < 4.78 is 40.8. The SMILES string of the molecule is N#Cc1c(C(F)(F)F)cc(-c2cnn(C3CN(C(=O)O)C3)c2)nc1Cl. The number of likely N-dealkylation sites (tertiary alicyclic amines) is 1. The van der Waals surface area contributed by atoms with E-state index < -0.39 is 28.5 Å². The van der Waals surface area contributed by atoms with E-state index in [0.717, 1.165) is 6.07 Å². The van der Waals surface area contributed by atoms with Crippen molar-refractivity contribution in [1.29, 1.82) is 5.26 Å². The van der Waals surface area contributed by atoms with E-state index in [1.165, 1.54) is 28.0 Å². The zero-order valence-electron chi connectivity index (χ0n) is 12.3. The number of carboxylic acid groups (broad SMARTS) is 1. The molecular formula is C14H9ClF3N5O2. The Morgan fingerprint density at radius 3 is 2.68 bits per heavy atom. The van der Waals surface area contributed by atoms with E-state index in [-0.39, 0.29) is 30.4 Å². The molecule has 1 fully saturated rings. The van der Waals surface area contributed by atoms with Crippen molar-refractivity contribution >= 4 is 17.7 Å². The Morgan fingerprint density at radius 1 is 1.44 bits per heavy atom. The summed E-state index contributed by atoms with van der Waals surface area (Å²) in [5, 5.41) is 21.2. The molecule has 0 aliphatic carbocycles. The van der Waals surface area contributed by atoms with Gasteiger partial charge in [-0.1, -0.05) is 11.6 Å². The van der Waals surface area contributed by atoms with E-state index in [1.807, 2.05) is 0 Å². The fourth-order valence-electron chi connectivity index (χ4n) is 2.44. The molecule has 3 heterocycles. The average Bonchev–Trinajstić information content (AvgIpc) is 2.92. The maximum absolute atomic E-state index is 13.1. The lowest BCUT2D eigenvalue weighted by Crippen LogP contribution is -2.50. The number of rotatable bonds is 2. The predicted molar refractivity (Wildman–Crippen MR) is 78.8 cm³/mol. The van der Waals surface area contributed by atoms with Crippen LogP contribution in [0.15, 0.2) is 18.5 Å². The van der Waals surface area contributed by atoms with Crippen molar-refractivity contribution < 1.29 is 23.1 Å². The summed E-state index contributed by atoms with van der Waals surface area (Å²) in [7, 11) is 0. The highest BCUT2D eigenvalue weighted by Crippen LogP contribution is 2.36. The van der Waals surface area contributed by atoms with Gasteiger partial charge in [0.2, 0.25) is 0 Å². The molecule has 1 N–H and O–H groups in total. The van der Waals surface area contributed by atoms with Crippen molar-refractivity contribution in [1.82, 2.24) is 19.7 Å². The molecule has 0 spiro atoms. The molecular weight excluding hydrogens is 363 g/mol. The summed E-state index contributed by atoms with van der Waals surface area (Å²) in [6, 6.07) is 1.96. The number of carbonyl (C=O) groups is 1. The van der Waals surface area contributed by atoms with E-state index in [0.29, 0.717) is 0 Å². The molecule has 11 heteroatoms. The standard InChI is InChI=1S/C14H9ClF3N5O2/c15-12-9(2-19)10(14(16,17)18)1-11(21-12)7-3-20-23(4-7)8-5-22(6-8)13(24)25/h1,3-4,8H,5-6H2,(H,24,25). The molecule has 3 rings (SSSR count). The zero-order valence-corrected chi connectivity index (χ0v) is 13.1. The molecule has 7 nitrogen and oxygen atoms in total. The Hall–Kier alpha value is -2.80. The van der Waals surface area contributed by atoms with Crippen LogP contribution in [0, 0.1) is 11.3 Å². The minimum atomic E-state index is -4.75. The zero-order chi connectivity index (χ0) is 18.4. The first kappa shape index (κ1) is 17.0. The van der Waals surface area contributed by atoms with Crippen LogP contribution in [0.2, 0.25) is 5.15 Å². The summed E-state index contributed by atoms with van der Waals surface area (Å²) in [5.41, 5.74) is -1.69. The first-order valence-electron chi connectivity index (χ1n) is 6.91. The van der Waals surface area contributed by atoms with Crippen LogP contribution < -0.4 is 0 Å². The van der Waals surface area contributed by atoms with Crippen molar-refractivity contribution in [2.24, 2.45) is 0 Å². The number of nitriles is 1. The van der Waals surface area contributed by atoms with Gasteiger partial charge in [0.05, 0.1) is 23.5 Å². The largest absolute Gasteiger partial charge is 0.465 e. The molecule has 0 saturated carbocycles. The summed E-state index contributed by atoms with van der Waals surface area (Å²) in [6.07, 6.45) is -3.01.